The number of halogens is 2. The lowest BCUT2D eigenvalue weighted by Crippen LogP contribution is -2.23. The molecule has 0 aliphatic heterocycles. The highest BCUT2D eigenvalue weighted by molar-refractivity contribution is 5.55. The zero-order valence-electron chi connectivity index (χ0n) is 14.5. The minimum atomic E-state index is -0.640. The zero-order chi connectivity index (χ0) is 19.6. The molecular weight excluding hydrogens is 358 g/mol. The van der Waals surface area contributed by atoms with Gasteiger partial charge in [0.05, 0.1) is 11.0 Å². The Kier molecular flexibility index (Phi) is 5.22. The van der Waals surface area contributed by atoms with E-state index in [0.717, 1.165) is 6.07 Å². The van der Waals surface area contributed by atoms with E-state index in [0.29, 0.717) is 11.1 Å². The van der Waals surface area contributed by atoms with Crippen LogP contribution in [-0.4, -0.2) is 15.1 Å². The van der Waals surface area contributed by atoms with E-state index in [1.165, 1.54) is 36.4 Å². The van der Waals surface area contributed by atoms with E-state index >= 15 is 0 Å². The van der Waals surface area contributed by atoms with Crippen molar-refractivity contribution in [3.8, 4) is 11.5 Å². The van der Waals surface area contributed by atoms with E-state index in [2.05, 4.69) is 15.5 Å². The molecule has 0 bridgehead atoms. The van der Waals surface area contributed by atoms with Gasteiger partial charge in [-0.25, -0.2) is 8.78 Å². The summed E-state index contributed by atoms with van der Waals surface area (Å²) in [5, 5.41) is 21.7. The average Bonchev–Trinajstić information content (AvgIpc) is 3.12. The average molecular weight is 374 g/mol. The van der Waals surface area contributed by atoms with Gasteiger partial charge in [0.25, 0.3) is 5.69 Å². The minimum Gasteiger partial charge on any atom is -0.419 e. The highest BCUT2D eigenvalue weighted by Gasteiger charge is 2.20. The molecule has 0 saturated heterocycles. The van der Waals surface area contributed by atoms with Gasteiger partial charge < -0.3 is 4.42 Å². The third kappa shape index (κ3) is 4.14. The van der Waals surface area contributed by atoms with Crippen LogP contribution in [0, 0.1) is 21.7 Å². The minimum absolute atomic E-state index is 0.0383. The fourth-order valence-electron chi connectivity index (χ4n) is 2.64. The standard InChI is InChI=1S/C18H16F2N4O3/c1-10(15-8-5-13(19)9-16(15)20)21-11(2)17-22-23-18(27-17)12-3-6-14(7-4-12)24(25)26/h3-11,21H,1-2H3/t10-,11-/m1/s1. The Morgan fingerprint density at radius 2 is 1.78 bits per heavy atom. The lowest BCUT2D eigenvalue weighted by molar-refractivity contribution is -0.384. The molecular formula is C18H16F2N4O3. The van der Waals surface area contributed by atoms with Crippen molar-refractivity contribution in [3.63, 3.8) is 0 Å². The zero-order valence-corrected chi connectivity index (χ0v) is 14.5. The maximum Gasteiger partial charge on any atom is 0.269 e. The number of hydrogen-bond donors (Lipinski definition) is 1. The van der Waals surface area contributed by atoms with Crippen LogP contribution in [0.15, 0.2) is 46.9 Å². The van der Waals surface area contributed by atoms with Crippen molar-refractivity contribution >= 4 is 5.69 Å². The predicted octanol–water partition coefficient (Wildman–Crippen LogP) is 4.33. The number of aromatic nitrogens is 2. The molecule has 0 aliphatic carbocycles. The van der Waals surface area contributed by atoms with Crippen LogP contribution in [-0.2, 0) is 0 Å². The molecule has 0 amide bonds. The highest BCUT2D eigenvalue weighted by atomic mass is 19.1. The van der Waals surface area contributed by atoms with Crippen molar-refractivity contribution in [2.24, 2.45) is 0 Å². The van der Waals surface area contributed by atoms with Gasteiger partial charge in [-0.2, -0.15) is 0 Å². The van der Waals surface area contributed by atoms with Crippen molar-refractivity contribution in [3.05, 3.63) is 75.7 Å². The van der Waals surface area contributed by atoms with Gasteiger partial charge in [0.2, 0.25) is 11.8 Å². The van der Waals surface area contributed by atoms with Crippen LogP contribution >= 0.6 is 0 Å². The number of nitro benzene ring substituents is 1. The van der Waals surface area contributed by atoms with Gasteiger partial charge in [-0.15, -0.1) is 10.2 Å². The first-order valence-corrected chi connectivity index (χ1v) is 8.14. The van der Waals surface area contributed by atoms with Gasteiger partial charge in [-0.05, 0) is 32.0 Å². The molecule has 2 atom stereocenters. The summed E-state index contributed by atoms with van der Waals surface area (Å²) in [6.07, 6.45) is 0. The van der Waals surface area contributed by atoms with Crippen molar-refractivity contribution in [2.45, 2.75) is 25.9 Å². The Balaban J connectivity index is 1.72. The Morgan fingerprint density at radius 1 is 1.07 bits per heavy atom. The molecule has 3 aromatic rings. The molecule has 7 nitrogen and oxygen atoms in total. The summed E-state index contributed by atoms with van der Waals surface area (Å²) in [6.45, 7) is 3.51. The molecule has 140 valence electrons. The summed E-state index contributed by atoms with van der Waals surface area (Å²) in [4.78, 5) is 10.2. The van der Waals surface area contributed by atoms with E-state index in [9.17, 15) is 18.9 Å². The second-order valence-corrected chi connectivity index (χ2v) is 6.03. The van der Waals surface area contributed by atoms with Crippen molar-refractivity contribution in [1.29, 1.82) is 0 Å². The molecule has 1 N–H and O–H groups in total. The number of hydrogen-bond acceptors (Lipinski definition) is 6. The van der Waals surface area contributed by atoms with Crippen molar-refractivity contribution in [2.75, 3.05) is 0 Å². The third-order valence-corrected chi connectivity index (χ3v) is 4.07. The molecule has 27 heavy (non-hydrogen) atoms. The molecule has 1 heterocycles. The van der Waals surface area contributed by atoms with Crippen LogP contribution in [0.5, 0.6) is 0 Å². The quantitative estimate of drug-likeness (QED) is 0.510. The first-order valence-electron chi connectivity index (χ1n) is 8.14. The van der Waals surface area contributed by atoms with Crippen LogP contribution in [0.1, 0.15) is 37.4 Å². The smallest absolute Gasteiger partial charge is 0.269 e. The predicted molar refractivity (Wildman–Crippen MR) is 92.7 cm³/mol. The van der Waals surface area contributed by atoms with Gasteiger partial charge in [0.15, 0.2) is 0 Å². The molecule has 9 heteroatoms. The second-order valence-electron chi connectivity index (χ2n) is 6.03. The summed E-state index contributed by atoms with van der Waals surface area (Å²) in [5.41, 5.74) is 0.825. The molecule has 0 saturated carbocycles. The Morgan fingerprint density at radius 3 is 2.41 bits per heavy atom. The Bertz CT molecular complexity index is 959. The number of nitrogens with one attached hydrogen (secondary N) is 1. The van der Waals surface area contributed by atoms with E-state index in [-0.39, 0.29) is 17.5 Å². The van der Waals surface area contributed by atoms with Crippen molar-refractivity contribution < 1.29 is 18.1 Å². The number of rotatable bonds is 6. The van der Waals surface area contributed by atoms with E-state index in [1.807, 2.05) is 0 Å². The van der Waals surface area contributed by atoms with Crippen LogP contribution in [0.2, 0.25) is 0 Å². The SMILES string of the molecule is C[C@@H](N[C@H](C)c1ccc(F)cc1F)c1nnc(-c2ccc([N+](=O)[O-])cc2)o1. The molecule has 2 aromatic carbocycles. The van der Waals surface area contributed by atoms with Crippen LogP contribution < -0.4 is 5.32 Å². The summed E-state index contributed by atoms with van der Waals surface area (Å²) < 4.78 is 32.5. The van der Waals surface area contributed by atoms with E-state index in [4.69, 9.17) is 4.42 Å². The summed E-state index contributed by atoms with van der Waals surface area (Å²) in [5.74, 6) is -0.785. The molecule has 0 spiro atoms. The van der Waals surface area contributed by atoms with Gasteiger partial charge in [-0.3, -0.25) is 15.4 Å². The third-order valence-electron chi connectivity index (χ3n) is 4.07. The first-order chi connectivity index (χ1) is 12.8. The summed E-state index contributed by atoms with van der Waals surface area (Å²) >= 11 is 0. The fraction of sp³-hybridized carbons (Fsp3) is 0.222. The second kappa shape index (κ2) is 7.58. The normalized spacial score (nSPS) is 13.3. The Labute approximate surface area is 153 Å². The van der Waals surface area contributed by atoms with Crippen molar-refractivity contribution in [1.82, 2.24) is 15.5 Å². The number of non-ortho nitro benzene ring substituents is 1. The van der Waals surface area contributed by atoms with Crippen LogP contribution in [0.3, 0.4) is 0 Å². The van der Waals surface area contributed by atoms with Gasteiger partial charge in [0, 0.05) is 35.4 Å². The fourth-order valence-corrected chi connectivity index (χ4v) is 2.64. The van der Waals surface area contributed by atoms with Gasteiger partial charge >= 0.3 is 0 Å². The number of nitro groups is 1. The summed E-state index contributed by atoms with van der Waals surface area (Å²) in [6, 6.07) is 8.32. The topological polar surface area (TPSA) is 94.1 Å². The van der Waals surface area contributed by atoms with E-state index < -0.39 is 28.6 Å². The number of benzene rings is 2. The monoisotopic (exact) mass is 374 g/mol. The molecule has 1 aromatic heterocycles. The summed E-state index contributed by atoms with van der Waals surface area (Å²) in [7, 11) is 0. The van der Waals surface area contributed by atoms with Gasteiger partial charge in [0.1, 0.15) is 11.6 Å². The first kappa shape index (κ1) is 18.6. The Hall–Kier alpha value is -3.20. The number of nitrogens with zero attached hydrogens (tertiary/aromatic N) is 3. The van der Waals surface area contributed by atoms with Gasteiger partial charge in [-0.1, -0.05) is 6.07 Å². The molecule has 0 unspecified atom stereocenters. The largest absolute Gasteiger partial charge is 0.419 e. The maximum atomic E-state index is 13.9. The lowest BCUT2D eigenvalue weighted by atomic mass is 10.1. The molecule has 3 rings (SSSR count). The lowest BCUT2D eigenvalue weighted by Gasteiger charge is -2.18. The molecule has 0 radical (unpaired) electrons. The molecule has 0 fully saturated rings. The van der Waals surface area contributed by atoms with Crippen LogP contribution in [0.4, 0.5) is 14.5 Å². The maximum absolute atomic E-state index is 13.9. The molecule has 0 aliphatic rings. The van der Waals surface area contributed by atoms with Crippen LogP contribution in [0.25, 0.3) is 11.5 Å². The highest BCUT2D eigenvalue weighted by Crippen LogP contribution is 2.25. The van der Waals surface area contributed by atoms with E-state index in [1.54, 1.807) is 13.8 Å².